The predicted octanol–water partition coefficient (Wildman–Crippen LogP) is 2.67. The molecule has 0 spiro atoms. The second-order valence-corrected chi connectivity index (χ2v) is 6.51. The summed E-state index contributed by atoms with van der Waals surface area (Å²) in [5.41, 5.74) is 1.09. The number of aryl methyl sites for hydroxylation is 1. The van der Waals surface area contributed by atoms with Crippen LogP contribution in [-0.2, 0) is 13.0 Å². The van der Waals surface area contributed by atoms with Gasteiger partial charge in [0.05, 0.1) is 6.07 Å². The van der Waals surface area contributed by atoms with Crippen molar-refractivity contribution < 1.29 is 0 Å². The van der Waals surface area contributed by atoms with E-state index in [0.29, 0.717) is 5.92 Å². The molecule has 2 aliphatic rings. The van der Waals surface area contributed by atoms with Gasteiger partial charge in [-0.25, -0.2) is 0 Å². The van der Waals surface area contributed by atoms with E-state index in [-0.39, 0.29) is 6.04 Å². The molecule has 2 aliphatic heterocycles. The van der Waals surface area contributed by atoms with Crippen molar-refractivity contribution in [3.05, 3.63) is 47.5 Å². The van der Waals surface area contributed by atoms with Crippen LogP contribution in [0.3, 0.4) is 0 Å². The highest BCUT2D eigenvalue weighted by Gasteiger charge is 2.31. The second-order valence-electron chi connectivity index (χ2n) is 6.51. The number of hydrogen-bond acceptors (Lipinski definition) is 4. The van der Waals surface area contributed by atoms with Crippen LogP contribution in [0.25, 0.3) is 0 Å². The Morgan fingerprint density at radius 1 is 1.13 bits per heavy atom. The van der Waals surface area contributed by atoms with E-state index in [4.69, 9.17) is 0 Å². The summed E-state index contributed by atoms with van der Waals surface area (Å²) in [4.78, 5) is 2.31. The smallest absolute Gasteiger partial charge is 0.137 e. The molecule has 0 radical (unpaired) electrons. The summed E-state index contributed by atoms with van der Waals surface area (Å²) < 4.78 is 2.30. The van der Waals surface area contributed by atoms with E-state index in [0.717, 1.165) is 56.1 Å². The number of piperidine rings is 1. The van der Waals surface area contributed by atoms with Gasteiger partial charge in [0.15, 0.2) is 0 Å². The first-order chi connectivity index (χ1) is 11.4. The zero-order chi connectivity index (χ0) is 15.6. The maximum absolute atomic E-state index is 9.68. The third-order valence-corrected chi connectivity index (χ3v) is 5.06. The highest BCUT2D eigenvalue weighted by Crippen LogP contribution is 2.32. The molecule has 0 bridgehead atoms. The van der Waals surface area contributed by atoms with Crippen LogP contribution in [0.2, 0.25) is 0 Å². The summed E-state index contributed by atoms with van der Waals surface area (Å²) in [5.74, 6) is 2.66. The highest BCUT2D eigenvalue weighted by atomic mass is 15.3. The Balaban J connectivity index is 1.56. The Morgan fingerprint density at radius 2 is 2.00 bits per heavy atom. The first-order valence-corrected chi connectivity index (χ1v) is 8.47. The largest absolute Gasteiger partial charge is 0.315 e. The summed E-state index contributed by atoms with van der Waals surface area (Å²) in [6.07, 6.45) is 4.48. The SMILES string of the molecule is N#C[C@H](c1ccccc1)N1CCC[C@H](c2nnc3n2CCC3)C1. The molecule has 1 fully saturated rings. The number of fused-ring (bicyclic) bond motifs is 1. The summed E-state index contributed by atoms with van der Waals surface area (Å²) in [7, 11) is 0. The Kier molecular flexibility index (Phi) is 3.84. The molecule has 0 aliphatic carbocycles. The molecule has 0 unspecified atom stereocenters. The monoisotopic (exact) mass is 307 g/mol. The van der Waals surface area contributed by atoms with Crippen LogP contribution in [0.15, 0.2) is 30.3 Å². The van der Waals surface area contributed by atoms with E-state index < -0.39 is 0 Å². The fourth-order valence-corrected chi connectivity index (χ4v) is 3.93. The maximum atomic E-state index is 9.68. The Labute approximate surface area is 136 Å². The van der Waals surface area contributed by atoms with Crippen LogP contribution in [0.4, 0.5) is 0 Å². The Morgan fingerprint density at radius 3 is 2.83 bits per heavy atom. The molecule has 3 heterocycles. The van der Waals surface area contributed by atoms with Gasteiger partial charge >= 0.3 is 0 Å². The van der Waals surface area contributed by atoms with Gasteiger partial charge in [-0.1, -0.05) is 30.3 Å². The zero-order valence-corrected chi connectivity index (χ0v) is 13.2. The number of nitrogens with zero attached hydrogens (tertiary/aromatic N) is 5. The second kappa shape index (κ2) is 6.13. The number of hydrogen-bond donors (Lipinski definition) is 0. The molecule has 2 atom stereocenters. The van der Waals surface area contributed by atoms with Crippen molar-refractivity contribution in [3.8, 4) is 6.07 Å². The minimum atomic E-state index is -0.167. The molecule has 1 aromatic heterocycles. The van der Waals surface area contributed by atoms with E-state index in [1.54, 1.807) is 0 Å². The molecule has 5 nitrogen and oxygen atoms in total. The fourth-order valence-electron chi connectivity index (χ4n) is 3.93. The van der Waals surface area contributed by atoms with Gasteiger partial charge in [0.1, 0.15) is 17.7 Å². The fraction of sp³-hybridized carbons (Fsp3) is 0.500. The van der Waals surface area contributed by atoms with Crippen molar-refractivity contribution in [1.29, 1.82) is 5.26 Å². The normalized spacial score (nSPS) is 22.5. The molecule has 23 heavy (non-hydrogen) atoms. The van der Waals surface area contributed by atoms with Crippen molar-refractivity contribution in [2.75, 3.05) is 13.1 Å². The van der Waals surface area contributed by atoms with Gasteiger partial charge in [-0.2, -0.15) is 5.26 Å². The minimum Gasteiger partial charge on any atom is -0.315 e. The predicted molar refractivity (Wildman–Crippen MR) is 86.7 cm³/mol. The Bertz CT molecular complexity index is 715. The molecule has 1 saturated heterocycles. The third kappa shape index (κ3) is 2.64. The summed E-state index contributed by atoms with van der Waals surface area (Å²) in [5, 5.41) is 18.5. The van der Waals surface area contributed by atoms with E-state index in [1.807, 2.05) is 30.3 Å². The number of likely N-dealkylation sites (tertiary alicyclic amines) is 1. The van der Waals surface area contributed by atoms with Crippen LogP contribution in [0.1, 0.15) is 48.4 Å². The van der Waals surface area contributed by atoms with Gasteiger partial charge in [-0.05, 0) is 31.4 Å². The standard InChI is InChI=1S/C18H21N5/c19-12-16(14-6-2-1-3-7-14)22-10-4-8-15(13-22)18-21-20-17-9-5-11-23(17)18/h1-3,6-7,15-16H,4-5,8-11,13H2/t15-,16+/m0/s1. The molecular weight excluding hydrogens is 286 g/mol. The average molecular weight is 307 g/mol. The topological polar surface area (TPSA) is 57.7 Å². The maximum Gasteiger partial charge on any atom is 0.137 e. The number of aromatic nitrogens is 3. The van der Waals surface area contributed by atoms with Crippen molar-refractivity contribution in [3.63, 3.8) is 0 Å². The third-order valence-electron chi connectivity index (χ3n) is 5.06. The Hall–Kier alpha value is -2.19. The molecular formula is C18H21N5. The zero-order valence-electron chi connectivity index (χ0n) is 13.2. The lowest BCUT2D eigenvalue weighted by Gasteiger charge is -2.35. The van der Waals surface area contributed by atoms with Gasteiger partial charge in [-0.3, -0.25) is 4.90 Å². The number of rotatable bonds is 3. The molecule has 1 aromatic carbocycles. The van der Waals surface area contributed by atoms with Crippen molar-refractivity contribution in [2.24, 2.45) is 0 Å². The number of nitriles is 1. The van der Waals surface area contributed by atoms with Crippen LogP contribution < -0.4 is 0 Å². The van der Waals surface area contributed by atoms with Gasteiger partial charge in [0.25, 0.3) is 0 Å². The molecule has 5 heteroatoms. The van der Waals surface area contributed by atoms with E-state index in [2.05, 4.69) is 25.7 Å². The highest BCUT2D eigenvalue weighted by molar-refractivity contribution is 5.24. The first-order valence-electron chi connectivity index (χ1n) is 8.47. The number of benzene rings is 1. The molecule has 118 valence electrons. The van der Waals surface area contributed by atoms with Crippen LogP contribution in [0.5, 0.6) is 0 Å². The first kappa shape index (κ1) is 14.4. The van der Waals surface area contributed by atoms with Gasteiger partial charge in [0.2, 0.25) is 0 Å². The van der Waals surface area contributed by atoms with Crippen LogP contribution in [-0.4, -0.2) is 32.8 Å². The molecule has 2 aromatic rings. The summed E-state index contributed by atoms with van der Waals surface area (Å²) in [6, 6.07) is 12.4. The van der Waals surface area contributed by atoms with Gasteiger partial charge < -0.3 is 4.57 Å². The average Bonchev–Trinajstić information content (AvgIpc) is 3.20. The lowest BCUT2D eigenvalue weighted by molar-refractivity contribution is 0.173. The van der Waals surface area contributed by atoms with Gasteiger partial charge in [0, 0.05) is 25.4 Å². The lowest BCUT2D eigenvalue weighted by atomic mass is 9.94. The molecule has 0 saturated carbocycles. The quantitative estimate of drug-likeness (QED) is 0.875. The van der Waals surface area contributed by atoms with E-state index in [9.17, 15) is 5.26 Å². The van der Waals surface area contributed by atoms with E-state index >= 15 is 0 Å². The summed E-state index contributed by atoms with van der Waals surface area (Å²) >= 11 is 0. The molecule has 4 rings (SSSR count). The van der Waals surface area contributed by atoms with E-state index in [1.165, 1.54) is 6.42 Å². The molecule has 0 amide bonds. The minimum absolute atomic E-state index is 0.167. The summed E-state index contributed by atoms with van der Waals surface area (Å²) in [6.45, 7) is 2.92. The van der Waals surface area contributed by atoms with Gasteiger partial charge in [-0.15, -0.1) is 10.2 Å². The van der Waals surface area contributed by atoms with Crippen molar-refractivity contribution in [2.45, 2.75) is 44.2 Å². The van der Waals surface area contributed by atoms with Crippen molar-refractivity contribution >= 4 is 0 Å². The molecule has 0 N–H and O–H groups in total. The van der Waals surface area contributed by atoms with Crippen molar-refractivity contribution in [1.82, 2.24) is 19.7 Å². The lowest BCUT2D eigenvalue weighted by Crippen LogP contribution is -2.37. The van der Waals surface area contributed by atoms with Crippen LogP contribution in [0, 0.1) is 11.3 Å². The van der Waals surface area contributed by atoms with Crippen LogP contribution >= 0.6 is 0 Å².